The Labute approximate surface area is 184 Å². The number of rotatable bonds is 6. The number of hydrogen-bond acceptors (Lipinski definition) is 2. The predicted molar refractivity (Wildman–Crippen MR) is 124 cm³/mol. The van der Waals surface area contributed by atoms with E-state index in [0.29, 0.717) is 29.1 Å². The van der Waals surface area contributed by atoms with Gasteiger partial charge in [0.25, 0.3) is 0 Å². The van der Waals surface area contributed by atoms with Gasteiger partial charge in [-0.05, 0) is 110 Å². The number of carbonyl (C=O) groups is 1. The van der Waals surface area contributed by atoms with E-state index in [2.05, 4.69) is 41.2 Å². The highest BCUT2D eigenvalue weighted by molar-refractivity contribution is 5.78. The molecule has 3 fully saturated rings. The summed E-state index contributed by atoms with van der Waals surface area (Å²) in [5.41, 5.74) is 4.35. The molecule has 0 heterocycles. The fourth-order valence-electron chi connectivity index (χ4n) is 8.56. The summed E-state index contributed by atoms with van der Waals surface area (Å²) in [7, 11) is 0. The average Bonchev–Trinajstić information content (AvgIpc) is 3.17. The molecule has 0 radical (unpaired) electrons. The number of allylic oxidation sites excluding steroid dienone is 2. The zero-order valence-corrected chi connectivity index (χ0v) is 20.0. The van der Waals surface area contributed by atoms with Gasteiger partial charge in [-0.3, -0.25) is 4.79 Å². The van der Waals surface area contributed by atoms with Gasteiger partial charge in [0.05, 0.1) is 6.10 Å². The molecule has 4 rings (SSSR count). The molecular weight excluding hydrogens is 368 g/mol. The predicted octanol–water partition coefficient (Wildman–Crippen LogP) is 6.73. The molecule has 0 aromatic rings. The van der Waals surface area contributed by atoms with Crippen LogP contribution in [0.15, 0.2) is 23.3 Å². The maximum atomic E-state index is 12.4. The second-order valence-corrected chi connectivity index (χ2v) is 12.2. The van der Waals surface area contributed by atoms with Crippen molar-refractivity contribution in [3.05, 3.63) is 23.3 Å². The number of fused-ring (bicyclic) bond motifs is 5. The van der Waals surface area contributed by atoms with Gasteiger partial charge in [0.1, 0.15) is 6.29 Å². The molecule has 1 N–H and O–H groups in total. The van der Waals surface area contributed by atoms with Crippen LogP contribution in [0.1, 0.15) is 92.4 Å². The fraction of sp³-hybridized carbons (Fsp3) is 0.821. The van der Waals surface area contributed by atoms with E-state index in [1.54, 1.807) is 0 Å². The van der Waals surface area contributed by atoms with Crippen LogP contribution in [0.2, 0.25) is 0 Å². The lowest BCUT2D eigenvalue weighted by Gasteiger charge is -2.52. The van der Waals surface area contributed by atoms with Crippen molar-refractivity contribution in [2.75, 3.05) is 0 Å². The van der Waals surface area contributed by atoms with Gasteiger partial charge < -0.3 is 5.11 Å². The first-order valence-corrected chi connectivity index (χ1v) is 12.7. The maximum absolute atomic E-state index is 12.4. The van der Waals surface area contributed by atoms with Crippen molar-refractivity contribution in [2.45, 2.75) is 98.5 Å². The SMILES string of the molecule is C=C(CC[C@@H](C)[C@H]1CC[C@H]2[C@@H]3C(C=O)=C4C[C@@H](O)CC[C@]4(C)[C@H]3CC[C@]12C)C(C)C. The number of hydrogen-bond donors (Lipinski definition) is 1. The Morgan fingerprint density at radius 1 is 1.13 bits per heavy atom. The molecule has 0 aliphatic heterocycles. The van der Waals surface area contributed by atoms with Gasteiger partial charge in [0, 0.05) is 0 Å². The molecule has 30 heavy (non-hydrogen) atoms. The van der Waals surface area contributed by atoms with Crippen molar-refractivity contribution in [3.63, 3.8) is 0 Å². The molecule has 0 aromatic heterocycles. The highest BCUT2D eigenvalue weighted by atomic mass is 16.3. The van der Waals surface area contributed by atoms with Crippen LogP contribution in [0, 0.1) is 46.3 Å². The molecule has 0 amide bonds. The lowest BCUT2D eigenvalue weighted by Crippen LogP contribution is -2.45. The third-order valence-corrected chi connectivity index (χ3v) is 10.5. The van der Waals surface area contributed by atoms with Crippen LogP contribution in [0.4, 0.5) is 0 Å². The fourth-order valence-corrected chi connectivity index (χ4v) is 8.56. The van der Waals surface area contributed by atoms with E-state index in [9.17, 15) is 9.90 Å². The van der Waals surface area contributed by atoms with E-state index in [1.807, 2.05) is 0 Å². The summed E-state index contributed by atoms with van der Waals surface area (Å²) < 4.78 is 0. The lowest BCUT2D eigenvalue weighted by atomic mass is 9.52. The molecule has 0 saturated heterocycles. The van der Waals surface area contributed by atoms with Gasteiger partial charge in [0.15, 0.2) is 0 Å². The van der Waals surface area contributed by atoms with Crippen LogP contribution in [-0.4, -0.2) is 17.5 Å². The summed E-state index contributed by atoms with van der Waals surface area (Å²) in [6.07, 6.45) is 11.2. The van der Waals surface area contributed by atoms with Crippen LogP contribution in [0.3, 0.4) is 0 Å². The Balaban J connectivity index is 1.58. The summed E-state index contributed by atoms with van der Waals surface area (Å²) in [4.78, 5) is 12.4. The molecule has 0 unspecified atom stereocenters. The molecule has 3 saturated carbocycles. The molecular formula is C28H44O2. The van der Waals surface area contributed by atoms with E-state index >= 15 is 0 Å². The minimum Gasteiger partial charge on any atom is -0.393 e. The standard InChI is InChI=1S/C28H44O2/c1-17(2)18(3)7-8-19(4)22-9-10-23-26-21(16-29)25-15-20(30)11-13-28(25,6)24(26)12-14-27(22,23)5/h16-17,19-20,22-24,26,30H,3,7-15H2,1-2,4-6H3/t19-,20+,22-,23+,24+,26+,27-,28-/m1/s1. The first kappa shape index (κ1) is 22.3. The molecule has 0 aromatic carbocycles. The lowest BCUT2D eigenvalue weighted by molar-refractivity contribution is -0.106. The van der Waals surface area contributed by atoms with Gasteiger partial charge in [0.2, 0.25) is 0 Å². The molecule has 2 heteroatoms. The number of carbonyl (C=O) groups excluding carboxylic acids is 1. The number of aliphatic hydroxyl groups is 1. The van der Waals surface area contributed by atoms with Crippen LogP contribution in [0.5, 0.6) is 0 Å². The average molecular weight is 413 g/mol. The second-order valence-electron chi connectivity index (χ2n) is 12.2. The topological polar surface area (TPSA) is 37.3 Å². The summed E-state index contributed by atoms with van der Waals surface area (Å²) >= 11 is 0. The molecule has 0 spiro atoms. The number of aldehydes is 1. The molecule has 4 aliphatic rings. The summed E-state index contributed by atoms with van der Waals surface area (Å²) in [5, 5.41) is 10.4. The van der Waals surface area contributed by atoms with Crippen LogP contribution >= 0.6 is 0 Å². The first-order chi connectivity index (χ1) is 14.1. The van der Waals surface area contributed by atoms with Crippen molar-refractivity contribution >= 4 is 6.29 Å². The maximum Gasteiger partial charge on any atom is 0.146 e. The van der Waals surface area contributed by atoms with Crippen LogP contribution < -0.4 is 0 Å². The second kappa shape index (κ2) is 7.91. The largest absolute Gasteiger partial charge is 0.393 e. The highest BCUT2D eigenvalue weighted by Crippen LogP contribution is 2.70. The molecule has 168 valence electrons. The Morgan fingerprint density at radius 3 is 2.53 bits per heavy atom. The van der Waals surface area contributed by atoms with Crippen LogP contribution in [-0.2, 0) is 4.79 Å². The normalized spacial score (nSPS) is 43.9. The zero-order valence-electron chi connectivity index (χ0n) is 20.0. The van der Waals surface area contributed by atoms with E-state index in [-0.39, 0.29) is 11.5 Å². The Kier molecular flexibility index (Phi) is 5.88. The Morgan fingerprint density at radius 2 is 1.87 bits per heavy atom. The molecule has 4 aliphatic carbocycles. The molecule has 2 nitrogen and oxygen atoms in total. The van der Waals surface area contributed by atoms with Crippen molar-refractivity contribution in [2.24, 2.45) is 46.3 Å². The zero-order chi connectivity index (χ0) is 21.8. The minimum atomic E-state index is -0.250. The third kappa shape index (κ3) is 3.28. The summed E-state index contributed by atoms with van der Waals surface area (Å²) in [5.74, 6) is 3.77. The Bertz CT molecular complexity index is 733. The van der Waals surface area contributed by atoms with Gasteiger partial charge in [-0.25, -0.2) is 0 Å². The van der Waals surface area contributed by atoms with E-state index < -0.39 is 0 Å². The minimum absolute atomic E-state index is 0.153. The van der Waals surface area contributed by atoms with Crippen LogP contribution in [0.25, 0.3) is 0 Å². The van der Waals surface area contributed by atoms with Crippen molar-refractivity contribution in [3.8, 4) is 0 Å². The van der Waals surface area contributed by atoms with E-state index in [0.717, 1.165) is 43.1 Å². The van der Waals surface area contributed by atoms with E-state index in [1.165, 1.54) is 49.5 Å². The number of aliphatic hydroxyl groups excluding tert-OH is 1. The van der Waals surface area contributed by atoms with Gasteiger partial charge in [-0.15, -0.1) is 0 Å². The molecule has 0 bridgehead atoms. The van der Waals surface area contributed by atoms with E-state index in [4.69, 9.17) is 0 Å². The smallest absolute Gasteiger partial charge is 0.146 e. The molecule has 8 atom stereocenters. The van der Waals surface area contributed by atoms with Gasteiger partial charge >= 0.3 is 0 Å². The summed E-state index contributed by atoms with van der Waals surface area (Å²) in [6.45, 7) is 16.3. The van der Waals surface area contributed by atoms with Gasteiger partial charge in [-0.1, -0.05) is 52.3 Å². The van der Waals surface area contributed by atoms with Crippen molar-refractivity contribution in [1.82, 2.24) is 0 Å². The van der Waals surface area contributed by atoms with Crippen molar-refractivity contribution < 1.29 is 9.90 Å². The van der Waals surface area contributed by atoms with Crippen molar-refractivity contribution in [1.29, 1.82) is 0 Å². The third-order valence-electron chi connectivity index (χ3n) is 10.5. The quantitative estimate of drug-likeness (QED) is 0.388. The van der Waals surface area contributed by atoms with Gasteiger partial charge in [-0.2, -0.15) is 0 Å². The Hall–Kier alpha value is -0.890. The first-order valence-electron chi connectivity index (χ1n) is 12.7. The highest BCUT2D eigenvalue weighted by Gasteiger charge is 2.62. The summed E-state index contributed by atoms with van der Waals surface area (Å²) in [6, 6.07) is 0. The monoisotopic (exact) mass is 412 g/mol.